The molecule has 0 saturated carbocycles. The first-order valence-corrected chi connectivity index (χ1v) is 5.88. The zero-order valence-electron chi connectivity index (χ0n) is 10.7. The van der Waals surface area contributed by atoms with Crippen molar-refractivity contribution >= 4 is 11.6 Å². The van der Waals surface area contributed by atoms with Crippen molar-refractivity contribution in [1.82, 2.24) is 14.3 Å². The Hall–Kier alpha value is -1.88. The van der Waals surface area contributed by atoms with E-state index in [2.05, 4.69) is 4.98 Å². The van der Waals surface area contributed by atoms with Gasteiger partial charge in [-0.1, -0.05) is 6.07 Å². The maximum atomic E-state index is 11.6. The van der Waals surface area contributed by atoms with Gasteiger partial charge >= 0.3 is 5.97 Å². The van der Waals surface area contributed by atoms with Crippen LogP contribution in [-0.4, -0.2) is 47.5 Å². The molecule has 0 N–H and O–H groups in total. The average Bonchev–Trinajstić information content (AvgIpc) is 2.70. The number of fused-ring (bicyclic) bond motifs is 1. The predicted molar refractivity (Wildman–Crippen MR) is 68.4 cm³/mol. The van der Waals surface area contributed by atoms with Crippen molar-refractivity contribution in [3.05, 3.63) is 36.3 Å². The molecule has 5 nitrogen and oxygen atoms in total. The van der Waals surface area contributed by atoms with Gasteiger partial charge in [-0.25, -0.2) is 4.98 Å². The minimum Gasteiger partial charge on any atom is -0.464 e. The largest absolute Gasteiger partial charge is 0.464 e. The van der Waals surface area contributed by atoms with Crippen LogP contribution in [-0.2, 0) is 16.0 Å². The quantitative estimate of drug-likeness (QED) is 0.739. The summed E-state index contributed by atoms with van der Waals surface area (Å²) in [6.45, 7) is 1.15. The second kappa shape index (κ2) is 5.64. The van der Waals surface area contributed by atoms with Crippen molar-refractivity contribution in [2.45, 2.75) is 6.42 Å². The van der Waals surface area contributed by atoms with Gasteiger partial charge in [0.15, 0.2) is 0 Å². The number of pyridine rings is 1. The van der Waals surface area contributed by atoms with Gasteiger partial charge in [0.05, 0.1) is 12.1 Å². The molecule has 0 bridgehead atoms. The van der Waals surface area contributed by atoms with Crippen molar-refractivity contribution in [3.63, 3.8) is 0 Å². The third-order valence-electron chi connectivity index (χ3n) is 2.54. The van der Waals surface area contributed by atoms with Crippen molar-refractivity contribution < 1.29 is 9.53 Å². The SMILES string of the molecule is CN(C)CCOC(=O)Cc1cn2ccccc2n1. The molecule has 0 atom stereocenters. The molecule has 2 aromatic rings. The van der Waals surface area contributed by atoms with Crippen LogP contribution in [0.1, 0.15) is 5.69 Å². The molecular formula is C13H17N3O2. The second-order valence-corrected chi connectivity index (χ2v) is 4.40. The topological polar surface area (TPSA) is 46.8 Å². The molecule has 0 unspecified atom stereocenters. The number of carbonyl (C=O) groups is 1. The summed E-state index contributed by atoms with van der Waals surface area (Å²) < 4.78 is 7.01. The fourth-order valence-electron chi connectivity index (χ4n) is 1.61. The van der Waals surface area contributed by atoms with Gasteiger partial charge in [0, 0.05) is 18.9 Å². The van der Waals surface area contributed by atoms with Crippen molar-refractivity contribution in [3.8, 4) is 0 Å². The first-order valence-electron chi connectivity index (χ1n) is 5.88. The zero-order chi connectivity index (χ0) is 13.0. The first-order chi connectivity index (χ1) is 8.65. The number of imidazole rings is 1. The molecule has 5 heteroatoms. The molecule has 0 aliphatic heterocycles. The smallest absolute Gasteiger partial charge is 0.311 e. The number of carbonyl (C=O) groups excluding carboxylic acids is 1. The average molecular weight is 247 g/mol. The molecule has 18 heavy (non-hydrogen) atoms. The number of aromatic nitrogens is 2. The van der Waals surface area contributed by atoms with E-state index in [1.54, 1.807) is 0 Å². The van der Waals surface area contributed by atoms with Crippen molar-refractivity contribution in [1.29, 1.82) is 0 Å². The standard InChI is InChI=1S/C13H17N3O2/c1-15(2)7-8-18-13(17)9-11-10-16-6-4-3-5-12(16)14-11/h3-6,10H,7-9H2,1-2H3. The number of hydrogen-bond donors (Lipinski definition) is 0. The minimum absolute atomic E-state index is 0.217. The number of ether oxygens (including phenoxy) is 1. The zero-order valence-corrected chi connectivity index (χ0v) is 10.7. The second-order valence-electron chi connectivity index (χ2n) is 4.40. The summed E-state index contributed by atoms with van der Waals surface area (Å²) >= 11 is 0. The lowest BCUT2D eigenvalue weighted by atomic mass is 10.3. The summed E-state index contributed by atoms with van der Waals surface area (Å²) in [6.07, 6.45) is 3.97. The number of likely N-dealkylation sites (N-methyl/N-ethyl adjacent to an activating group) is 1. The maximum Gasteiger partial charge on any atom is 0.311 e. The summed E-state index contributed by atoms with van der Waals surface area (Å²) in [4.78, 5) is 17.9. The number of esters is 1. The monoisotopic (exact) mass is 247 g/mol. The van der Waals surface area contributed by atoms with E-state index in [4.69, 9.17) is 4.74 Å². The van der Waals surface area contributed by atoms with Crippen LogP contribution in [0, 0.1) is 0 Å². The molecule has 0 aliphatic rings. The molecule has 2 heterocycles. The molecule has 0 aliphatic carbocycles. The molecule has 0 saturated heterocycles. The summed E-state index contributed by atoms with van der Waals surface area (Å²) in [5, 5.41) is 0. The first kappa shape index (κ1) is 12.6. The number of hydrogen-bond acceptors (Lipinski definition) is 4. The van der Waals surface area contributed by atoms with Crippen LogP contribution >= 0.6 is 0 Å². The van der Waals surface area contributed by atoms with E-state index in [9.17, 15) is 4.79 Å². The van der Waals surface area contributed by atoms with Gasteiger partial charge in [0.2, 0.25) is 0 Å². The lowest BCUT2D eigenvalue weighted by molar-refractivity contribution is -0.143. The Morgan fingerprint density at radius 3 is 3.00 bits per heavy atom. The highest BCUT2D eigenvalue weighted by molar-refractivity contribution is 5.72. The van der Waals surface area contributed by atoms with Crippen LogP contribution in [0.3, 0.4) is 0 Å². The van der Waals surface area contributed by atoms with Gasteiger partial charge in [-0.05, 0) is 26.2 Å². The molecule has 0 radical (unpaired) electrons. The summed E-state index contributed by atoms with van der Waals surface area (Å²) in [7, 11) is 3.88. The van der Waals surface area contributed by atoms with E-state index in [-0.39, 0.29) is 12.4 Å². The highest BCUT2D eigenvalue weighted by Gasteiger charge is 2.08. The Bertz CT molecular complexity index is 501. The molecule has 0 spiro atoms. The van der Waals surface area contributed by atoms with E-state index in [0.717, 1.165) is 17.9 Å². The third-order valence-corrected chi connectivity index (χ3v) is 2.54. The molecule has 0 aromatic carbocycles. The fourth-order valence-corrected chi connectivity index (χ4v) is 1.61. The van der Waals surface area contributed by atoms with Gasteiger partial charge in [-0.3, -0.25) is 4.79 Å². The highest BCUT2D eigenvalue weighted by Crippen LogP contribution is 2.05. The Morgan fingerprint density at radius 1 is 1.44 bits per heavy atom. The van der Waals surface area contributed by atoms with E-state index >= 15 is 0 Å². The molecule has 2 aromatic heterocycles. The summed E-state index contributed by atoms with van der Waals surface area (Å²) in [5.41, 5.74) is 1.57. The van der Waals surface area contributed by atoms with Gasteiger partial charge < -0.3 is 14.0 Å². The van der Waals surface area contributed by atoms with Crippen LogP contribution in [0.2, 0.25) is 0 Å². The Morgan fingerprint density at radius 2 is 2.28 bits per heavy atom. The normalized spacial score (nSPS) is 11.1. The Balaban J connectivity index is 1.90. The molecule has 0 fully saturated rings. The van der Waals surface area contributed by atoms with Crippen molar-refractivity contribution in [2.75, 3.05) is 27.2 Å². The van der Waals surface area contributed by atoms with Crippen LogP contribution in [0.4, 0.5) is 0 Å². The van der Waals surface area contributed by atoms with Gasteiger partial charge in [-0.15, -0.1) is 0 Å². The molecule has 2 rings (SSSR count). The van der Waals surface area contributed by atoms with Gasteiger partial charge in [0.25, 0.3) is 0 Å². The summed E-state index contributed by atoms with van der Waals surface area (Å²) in [6, 6.07) is 5.75. The minimum atomic E-state index is -0.236. The van der Waals surface area contributed by atoms with Crippen LogP contribution in [0.15, 0.2) is 30.6 Å². The fraction of sp³-hybridized carbons (Fsp3) is 0.385. The Kier molecular flexibility index (Phi) is 3.94. The maximum absolute atomic E-state index is 11.6. The number of rotatable bonds is 5. The Labute approximate surface area is 106 Å². The van der Waals surface area contributed by atoms with E-state index in [0.29, 0.717) is 6.61 Å². The van der Waals surface area contributed by atoms with E-state index < -0.39 is 0 Å². The number of nitrogens with zero attached hydrogens (tertiary/aromatic N) is 3. The van der Waals surface area contributed by atoms with Crippen LogP contribution in [0.25, 0.3) is 5.65 Å². The van der Waals surface area contributed by atoms with E-state index in [1.807, 2.05) is 54.0 Å². The molecular weight excluding hydrogens is 230 g/mol. The predicted octanol–water partition coefficient (Wildman–Crippen LogP) is 0.982. The lowest BCUT2D eigenvalue weighted by Crippen LogP contribution is -2.20. The summed E-state index contributed by atoms with van der Waals surface area (Å²) in [5.74, 6) is -0.236. The molecule has 96 valence electrons. The molecule has 0 amide bonds. The lowest BCUT2D eigenvalue weighted by Gasteiger charge is -2.09. The third kappa shape index (κ3) is 3.30. The van der Waals surface area contributed by atoms with Gasteiger partial charge in [0.1, 0.15) is 12.3 Å². The van der Waals surface area contributed by atoms with Gasteiger partial charge in [-0.2, -0.15) is 0 Å². The van der Waals surface area contributed by atoms with Crippen LogP contribution in [0.5, 0.6) is 0 Å². The van der Waals surface area contributed by atoms with Crippen LogP contribution < -0.4 is 0 Å². The van der Waals surface area contributed by atoms with E-state index in [1.165, 1.54) is 0 Å². The van der Waals surface area contributed by atoms with Crippen molar-refractivity contribution in [2.24, 2.45) is 0 Å². The highest BCUT2D eigenvalue weighted by atomic mass is 16.5.